The Kier molecular flexibility index (Phi) is 5.25. The van der Waals surface area contributed by atoms with Crippen LogP contribution in [0.3, 0.4) is 0 Å². The van der Waals surface area contributed by atoms with Crippen LogP contribution in [-0.4, -0.2) is 79.9 Å². The maximum absolute atomic E-state index is 13.2. The molecule has 3 heterocycles. The van der Waals surface area contributed by atoms with Crippen molar-refractivity contribution in [2.75, 3.05) is 33.3 Å². The van der Waals surface area contributed by atoms with Crippen molar-refractivity contribution < 1.29 is 22.7 Å². The zero-order valence-electron chi connectivity index (χ0n) is 17.1. The zero-order chi connectivity index (χ0) is 20.8. The van der Waals surface area contributed by atoms with E-state index in [4.69, 9.17) is 9.47 Å². The summed E-state index contributed by atoms with van der Waals surface area (Å²) >= 11 is 0. The molecule has 0 saturated carbocycles. The van der Waals surface area contributed by atoms with Crippen LogP contribution >= 0.6 is 0 Å². The number of ether oxygens (including phenoxy) is 2. The van der Waals surface area contributed by atoms with Crippen molar-refractivity contribution in [2.24, 2.45) is 0 Å². The highest BCUT2D eigenvalue weighted by Crippen LogP contribution is 2.46. The quantitative estimate of drug-likeness (QED) is 0.769. The fraction of sp³-hybridized carbons (Fsp3) is 0.650. The second kappa shape index (κ2) is 7.45. The maximum Gasteiger partial charge on any atom is 0.317 e. The molecule has 1 N–H and O–H groups in total. The fourth-order valence-electron chi connectivity index (χ4n) is 4.73. The lowest BCUT2D eigenvalue weighted by molar-refractivity contribution is -0.0955. The van der Waals surface area contributed by atoms with Crippen LogP contribution in [0.1, 0.15) is 25.8 Å². The van der Waals surface area contributed by atoms with E-state index < -0.39 is 20.9 Å². The molecule has 160 valence electrons. The van der Waals surface area contributed by atoms with Crippen LogP contribution in [0.4, 0.5) is 4.79 Å². The molecule has 29 heavy (non-hydrogen) atoms. The van der Waals surface area contributed by atoms with E-state index >= 15 is 0 Å². The largest absolute Gasteiger partial charge is 0.497 e. The van der Waals surface area contributed by atoms with Gasteiger partial charge in [-0.1, -0.05) is 12.1 Å². The summed E-state index contributed by atoms with van der Waals surface area (Å²) in [6.45, 7) is 5.26. The summed E-state index contributed by atoms with van der Waals surface area (Å²) in [7, 11) is -1.85. The van der Waals surface area contributed by atoms with Gasteiger partial charge in [-0.3, -0.25) is 0 Å². The van der Waals surface area contributed by atoms with Gasteiger partial charge in [0, 0.05) is 25.7 Å². The van der Waals surface area contributed by atoms with Gasteiger partial charge in [0.1, 0.15) is 16.6 Å². The van der Waals surface area contributed by atoms with Gasteiger partial charge in [-0.15, -0.1) is 0 Å². The minimum absolute atomic E-state index is 0.0305. The molecule has 0 aliphatic carbocycles. The fourth-order valence-corrected chi connectivity index (χ4v) is 7.03. The molecule has 0 unspecified atom stereocenters. The third-order valence-corrected chi connectivity index (χ3v) is 8.37. The number of rotatable bonds is 5. The number of carbonyl (C=O) groups is 1. The molecular weight excluding hydrogens is 394 g/mol. The molecule has 9 heteroatoms. The molecule has 1 aromatic rings. The molecule has 8 nitrogen and oxygen atoms in total. The summed E-state index contributed by atoms with van der Waals surface area (Å²) in [6.07, 6.45) is 0.825. The highest BCUT2D eigenvalue weighted by atomic mass is 32.2. The Balaban J connectivity index is 1.49. The molecular formula is C20H29N3O5S. The Labute approximate surface area is 172 Å². The highest BCUT2D eigenvalue weighted by Gasteiger charge is 2.65. The van der Waals surface area contributed by atoms with Gasteiger partial charge in [0.25, 0.3) is 0 Å². The Morgan fingerprint density at radius 2 is 2.17 bits per heavy atom. The number of benzene rings is 1. The van der Waals surface area contributed by atoms with Crippen molar-refractivity contribution in [3.63, 3.8) is 0 Å². The number of urea groups is 1. The molecule has 2 bridgehead atoms. The van der Waals surface area contributed by atoms with Crippen LogP contribution in [0, 0.1) is 0 Å². The minimum Gasteiger partial charge on any atom is -0.497 e. The van der Waals surface area contributed by atoms with E-state index in [-0.39, 0.29) is 18.2 Å². The lowest BCUT2D eigenvalue weighted by Gasteiger charge is -2.39. The minimum atomic E-state index is -3.47. The molecule has 3 saturated heterocycles. The topological polar surface area (TPSA) is 88.2 Å². The van der Waals surface area contributed by atoms with E-state index in [1.54, 1.807) is 12.0 Å². The summed E-state index contributed by atoms with van der Waals surface area (Å²) in [5.41, 5.74) is 0.194. The number of carbonyl (C=O) groups excluding carboxylic acids is 1. The molecule has 1 spiro atoms. The smallest absolute Gasteiger partial charge is 0.317 e. The number of sulfonamides is 1. The number of fused-ring (bicyclic) bond motifs is 1. The number of likely N-dealkylation sites (tertiary alicyclic amines) is 1. The van der Waals surface area contributed by atoms with Gasteiger partial charge in [0.15, 0.2) is 0 Å². The average Bonchev–Trinajstić information content (AvgIpc) is 3.04. The van der Waals surface area contributed by atoms with Gasteiger partial charge in [-0.2, -0.15) is 4.31 Å². The summed E-state index contributed by atoms with van der Waals surface area (Å²) in [4.78, 5) is 14.2. The van der Waals surface area contributed by atoms with Gasteiger partial charge in [-0.25, -0.2) is 13.2 Å². The Morgan fingerprint density at radius 3 is 2.90 bits per heavy atom. The second-order valence-corrected chi connectivity index (χ2v) is 10.6. The van der Waals surface area contributed by atoms with Crippen LogP contribution in [-0.2, 0) is 21.2 Å². The SMILES string of the molecule is COc1cccc(CCN2C[C@@]34CN(C(=O)NC(C)C)C[C@@H](C[C@@H]3S2(=O)=O)O4)c1. The van der Waals surface area contributed by atoms with E-state index in [0.717, 1.165) is 11.3 Å². The third-order valence-electron chi connectivity index (χ3n) is 5.99. The van der Waals surface area contributed by atoms with Gasteiger partial charge < -0.3 is 19.7 Å². The van der Waals surface area contributed by atoms with Crippen LogP contribution in [0.25, 0.3) is 0 Å². The lowest BCUT2D eigenvalue weighted by Crippen LogP contribution is -2.58. The van der Waals surface area contributed by atoms with E-state index in [1.807, 2.05) is 38.1 Å². The summed E-state index contributed by atoms with van der Waals surface area (Å²) in [5, 5.41) is 2.32. The summed E-state index contributed by atoms with van der Waals surface area (Å²) < 4.78 is 39.4. The van der Waals surface area contributed by atoms with E-state index in [2.05, 4.69) is 5.32 Å². The van der Waals surface area contributed by atoms with Crippen LogP contribution < -0.4 is 10.1 Å². The van der Waals surface area contributed by atoms with Crippen LogP contribution in [0.2, 0.25) is 0 Å². The summed E-state index contributed by atoms with van der Waals surface area (Å²) in [5.74, 6) is 0.757. The van der Waals surface area contributed by atoms with Crippen molar-refractivity contribution in [1.82, 2.24) is 14.5 Å². The molecule has 4 rings (SSSR count). The lowest BCUT2D eigenvalue weighted by atomic mass is 9.99. The molecule has 2 amide bonds. The van der Waals surface area contributed by atoms with E-state index in [9.17, 15) is 13.2 Å². The predicted molar refractivity (Wildman–Crippen MR) is 108 cm³/mol. The van der Waals surface area contributed by atoms with Crippen LogP contribution in [0.15, 0.2) is 24.3 Å². The number of methoxy groups -OCH3 is 1. The first-order valence-corrected chi connectivity index (χ1v) is 11.6. The molecule has 1 aromatic carbocycles. The Morgan fingerprint density at radius 1 is 1.38 bits per heavy atom. The predicted octanol–water partition coefficient (Wildman–Crippen LogP) is 1.21. The Hall–Kier alpha value is -1.84. The number of nitrogens with zero attached hydrogens (tertiary/aromatic N) is 2. The first-order chi connectivity index (χ1) is 13.7. The number of nitrogens with one attached hydrogen (secondary N) is 1. The van der Waals surface area contributed by atoms with Crippen LogP contribution in [0.5, 0.6) is 5.75 Å². The number of hydrogen-bond acceptors (Lipinski definition) is 5. The number of amides is 2. The molecule has 3 atom stereocenters. The molecule has 3 fully saturated rings. The zero-order valence-corrected chi connectivity index (χ0v) is 17.9. The number of morpholine rings is 1. The highest BCUT2D eigenvalue weighted by molar-refractivity contribution is 7.90. The standard InChI is InChI=1S/C20H29N3O5S/c1-14(2)21-19(24)22-11-17-10-18-20(12-22,28-17)13-23(29(18,25)26)8-7-15-5-4-6-16(9-15)27-3/h4-6,9,14,17-18H,7-8,10-13H2,1-3H3,(H,21,24)/t17-,18+,20+/m1/s1. The van der Waals surface area contributed by atoms with Crippen molar-refractivity contribution >= 4 is 16.1 Å². The maximum atomic E-state index is 13.2. The first-order valence-electron chi connectivity index (χ1n) is 10.1. The van der Waals surface area contributed by atoms with Crippen molar-refractivity contribution in [3.8, 4) is 5.75 Å². The van der Waals surface area contributed by atoms with E-state index in [1.165, 1.54) is 4.31 Å². The molecule has 3 aliphatic rings. The van der Waals surface area contributed by atoms with Crippen molar-refractivity contribution in [1.29, 1.82) is 0 Å². The monoisotopic (exact) mass is 423 g/mol. The average molecular weight is 424 g/mol. The molecule has 0 radical (unpaired) electrons. The molecule has 0 aromatic heterocycles. The normalized spacial score (nSPS) is 30.4. The first kappa shape index (κ1) is 20.4. The van der Waals surface area contributed by atoms with Crippen molar-refractivity contribution in [2.45, 2.75) is 49.7 Å². The van der Waals surface area contributed by atoms with Gasteiger partial charge >= 0.3 is 6.03 Å². The van der Waals surface area contributed by atoms with E-state index in [0.29, 0.717) is 39.0 Å². The van der Waals surface area contributed by atoms with Gasteiger partial charge in [0.2, 0.25) is 10.0 Å². The van der Waals surface area contributed by atoms with Crippen molar-refractivity contribution in [3.05, 3.63) is 29.8 Å². The summed E-state index contributed by atoms with van der Waals surface area (Å²) in [6, 6.07) is 7.54. The molecule has 3 aliphatic heterocycles. The third kappa shape index (κ3) is 3.71. The van der Waals surface area contributed by atoms with Gasteiger partial charge in [0.05, 0.1) is 19.8 Å². The van der Waals surface area contributed by atoms with Gasteiger partial charge in [-0.05, 0) is 44.4 Å². The number of hydrogen-bond donors (Lipinski definition) is 1. The Bertz CT molecular complexity index is 890. The second-order valence-electron chi connectivity index (χ2n) is 8.49.